The number of rotatable bonds is 7. The molecule has 1 amide bonds. The number of carbonyl (C=O) groups is 1. The van der Waals surface area contributed by atoms with Gasteiger partial charge in [0.1, 0.15) is 0 Å². The summed E-state index contributed by atoms with van der Waals surface area (Å²) in [5, 5.41) is 3.44. The van der Waals surface area contributed by atoms with Crippen LogP contribution in [0.1, 0.15) is 11.3 Å². The Morgan fingerprint density at radius 3 is 2.86 bits per heavy atom. The Morgan fingerprint density at radius 1 is 1.28 bits per heavy atom. The van der Waals surface area contributed by atoms with Gasteiger partial charge in [-0.15, -0.1) is 23.7 Å². The number of halogens is 2. The minimum Gasteiger partial charge on any atom is -0.379 e. The molecule has 0 unspecified atom stereocenters. The Labute approximate surface area is 189 Å². The van der Waals surface area contributed by atoms with Gasteiger partial charge in [0.05, 0.1) is 29.9 Å². The molecule has 0 saturated carbocycles. The van der Waals surface area contributed by atoms with Gasteiger partial charge < -0.3 is 4.74 Å². The van der Waals surface area contributed by atoms with Crippen molar-refractivity contribution in [3.63, 3.8) is 0 Å². The fourth-order valence-corrected chi connectivity index (χ4v) is 5.24. The third-order valence-electron chi connectivity index (χ3n) is 4.74. The molecule has 0 aliphatic carbocycles. The number of amides is 1. The van der Waals surface area contributed by atoms with Gasteiger partial charge in [-0.05, 0) is 36.1 Å². The summed E-state index contributed by atoms with van der Waals surface area (Å²) in [6, 6.07) is 9.65. The Morgan fingerprint density at radius 2 is 2.10 bits per heavy atom. The number of nitrogens with zero attached hydrogens (tertiary/aromatic N) is 3. The maximum absolute atomic E-state index is 13.1. The van der Waals surface area contributed by atoms with E-state index in [9.17, 15) is 4.79 Å². The van der Waals surface area contributed by atoms with Crippen molar-refractivity contribution in [2.24, 2.45) is 0 Å². The third kappa shape index (κ3) is 5.90. The van der Waals surface area contributed by atoms with Crippen LogP contribution in [0, 0.1) is 0 Å². The van der Waals surface area contributed by atoms with Crippen molar-refractivity contribution >= 4 is 67.9 Å². The number of thiazole rings is 1. The molecule has 1 saturated heterocycles. The van der Waals surface area contributed by atoms with E-state index >= 15 is 0 Å². The summed E-state index contributed by atoms with van der Waals surface area (Å²) in [7, 11) is 0. The van der Waals surface area contributed by atoms with Crippen molar-refractivity contribution in [1.82, 2.24) is 9.88 Å². The second kappa shape index (κ2) is 10.7. The van der Waals surface area contributed by atoms with Crippen LogP contribution in [-0.4, -0.2) is 55.2 Å². The molecule has 29 heavy (non-hydrogen) atoms. The molecule has 1 aliphatic rings. The molecule has 0 spiro atoms. The van der Waals surface area contributed by atoms with Crippen LogP contribution in [0.3, 0.4) is 0 Å². The van der Waals surface area contributed by atoms with E-state index in [1.165, 1.54) is 11.3 Å². The number of anilines is 1. The van der Waals surface area contributed by atoms with Crippen molar-refractivity contribution in [2.45, 2.75) is 12.8 Å². The monoisotopic (exact) mass is 471 g/mol. The van der Waals surface area contributed by atoms with Crippen molar-refractivity contribution < 1.29 is 9.53 Å². The fraction of sp³-hybridized carbons (Fsp3) is 0.400. The predicted octanol–water partition coefficient (Wildman–Crippen LogP) is 4.73. The predicted molar refractivity (Wildman–Crippen MR) is 124 cm³/mol. The minimum atomic E-state index is 0. The van der Waals surface area contributed by atoms with Crippen LogP contribution in [0.25, 0.3) is 10.2 Å². The van der Waals surface area contributed by atoms with E-state index in [4.69, 9.17) is 21.3 Å². The summed E-state index contributed by atoms with van der Waals surface area (Å²) >= 11 is 9.26. The number of carbonyl (C=O) groups excluding carboxylic acids is 1. The van der Waals surface area contributed by atoms with Crippen molar-refractivity contribution in [3.05, 3.63) is 45.6 Å². The maximum atomic E-state index is 13.1. The molecule has 9 heteroatoms. The van der Waals surface area contributed by atoms with E-state index in [1.807, 2.05) is 40.6 Å². The lowest BCUT2D eigenvalue weighted by atomic mass is 10.3. The standard InChI is InChI=1S/C20H22ClN3O2S2.ClH/c21-15-4-5-17-18(13-15)28-20(22-17)24(19(25)14-16-3-1-12-27-16)7-2-6-23-8-10-26-11-9-23;/h1,3-5,12-13H,2,6-11,14H2;1H. The molecule has 1 aliphatic heterocycles. The Bertz CT molecular complexity index is 927. The Kier molecular flexibility index (Phi) is 8.29. The third-order valence-corrected chi connectivity index (χ3v) is 6.89. The van der Waals surface area contributed by atoms with Gasteiger partial charge in [-0.3, -0.25) is 14.6 Å². The SMILES string of the molecule is Cl.O=C(Cc1cccs1)N(CCCN1CCOCC1)c1nc2ccc(Cl)cc2s1. The van der Waals surface area contributed by atoms with Crippen LogP contribution < -0.4 is 4.90 Å². The number of hydrogen-bond donors (Lipinski definition) is 0. The van der Waals surface area contributed by atoms with Crippen LogP contribution in [0.5, 0.6) is 0 Å². The van der Waals surface area contributed by atoms with Crippen molar-refractivity contribution in [1.29, 1.82) is 0 Å². The largest absolute Gasteiger partial charge is 0.379 e. The zero-order valence-corrected chi connectivity index (χ0v) is 19.1. The van der Waals surface area contributed by atoms with Crippen molar-refractivity contribution in [3.8, 4) is 0 Å². The van der Waals surface area contributed by atoms with E-state index in [0.717, 1.165) is 59.5 Å². The average Bonchev–Trinajstić information content (AvgIpc) is 3.35. The summed E-state index contributed by atoms with van der Waals surface area (Å²) in [6.45, 7) is 5.13. The molecule has 0 radical (unpaired) electrons. The van der Waals surface area contributed by atoms with Gasteiger partial charge in [0, 0.05) is 36.1 Å². The summed E-state index contributed by atoms with van der Waals surface area (Å²) in [4.78, 5) is 23.1. The van der Waals surface area contributed by atoms with E-state index in [2.05, 4.69) is 4.90 Å². The van der Waals surface area contributed by atoms with E-state index in [0.29, 0.717) is 18.0 Å². The summed E-state index contributed by atoms with van der Waals surface area (Å²) in [5.41, 5.74) is 0.881. The molecule has 2 aromatic heterocycles. The minimum absolute atomic E-state index is 0. The van der Waals surface area contributed by atoms with Crippen LogP contribution >= 0.6 is 46.7 Å². The molecule has 1 aromatic carbocycles. The van der Waals surface area contributed by atoms with Gasteiger partial charge in [0.15, 0.2) is 5.13 Å². The highest BCUT2D eigenvalue weighted by Crippen LogP contribution is 2.31. The molecule has 0 bridgehead atoms. The molecule has 3 heterocycles. The maximum Gasteiger partial charge on any atom is 0.234 e. The van der Waals surface area contributed by atoms with E-state index in [1.54, 1.807) is 11.3 Å². The fourth-order valence-electron chi connectivity index (χ4n) is 3.26. The van der Waals surface area contributed by atoms with Crippen molar-refractivity contribution in [2.75, 3.05) is 44.3 Å². The highest BCUT2D eigenvalue weighted by atomic mass is 35.5. The number of benzene rings is 1. The first-order valence-corrected chi connectivity index (χ1v) is 11.5. The molecule has 5 nitrogen and oxygen atoms in total. The molecule has 1 fully saturated rings. The quantitative estimate of drug-likeness (QED) is 0.499. The highest BCUT2D eigenvalue weighted by Gasteiger charge is 2.21. The number of thiophene rings is 1. The van der Waals surface area contributed by atoms with Gasteiger partial charge in [-0.25, -0.2) is 4.98 Å². The molecule has 0 atom stereocenters. The topological polar surface area (TPSA) is 45.7 Å². The number of morpholine rings is 1. The van der Waals surface area contributed by atoms with Gasteiger partial charge in [0.25, 0.3) is 0 Å². The smallest absolute Gasteiger partial charge is 0.234 e. The summed E-state index contributed by atoms with van der Waals surface area (Å²) in [5.74, 6) is 0.0922. The van der Waals surface area contributed by atoms with E-state index < -0.39 is 0 Å². The van der Waals surface area contributed by atoms with Crippen LogP contribution in [0.15, 0.2) is 35.7 Å². The van der Waals surface area contributed by atoms with Crippen LogP contribution in [0.2, 0.25) is 5.02 Å². The van der Waals surface area contributed by atoms with Gasteiger partial charge >= 0.3 is 0 Å². The molecule has 0 N–H and O–H groups in total. The number of fused-ring (bicyclic) bond motifs is 1. The van der Waals surface area contributed by atoms with Crippen LogP contribution in [0.4, 0.5) is 5.13 Å². The second-order valence-corrected chi connectivity index (χ2v) is 9.20. The Hall–Kier alpha value is -1.22. The Balaban J connectivity index is 0.00000240. The molecule has 4 rings (SSSR count). The van der Waals surface area contributed by atoms with Gasteiger partial charge in [0.2, 0.25) is 5.91 Å². The highest BCUT2D eigenvalue weighted by molar-refractivity contribution is 7.22. The lowest BCUT2D eigenvalue weighted by Crippen LogP contribution is -2.39. The lowest BCUT2D eigenvalue weighted by molar-refractivity contribution is -0.118. The average molecular weight is 472 g/mol. The first-order valence-electron chi connectivity index (χ1n) is 9.38. The summed E-state index contributed by atoms with van der Waals surface area (Å²) < 4.78 is 6.42. The normalized spacial score (nSPS) is 14.7. The summed E-state index contributed by atoms with van der Waals surface area (Å²) in [6.07, 6.45) is 1.32. The molecular weight excluding hydrogens is 449 g/mol. The first-order chi connectivity index (χ1) is 13.7. The number of aromatic nitrogens is 1. The van der Waals surface area contributed by atoms with Crippen LogP contribution in [-0.2, 0) is 16.0 Å². The lowest BCUT2D eigenvalue weighted by Gasteiger charge is -2.27. The first kappa shape index (κ1) is 22.5. The second-order valence-electron chi connectivity index (χ2n) is 6.72. The van der Waals surface area contributed by atoms with Gasteiger partial charge in [-0.1, -0.05) is 29.0 Å². The van der Waals surface area contributed by atoms with Gasteiger partial charge in [-0.2, -0.15) is 0 Å². The molecule has 156 valence electrons. The zero-order chi connectivity index (χ0) is 19.3. The molecule has 3 aromatic rings. The molecular formula is C20H23Cl2N3O2S2. The van der Waals surface area contributed by atoms with E-state index in [-0.39, 0.29) is 18.3 Å². The number of hydrogen-bond acceptors (Lipinski definition) is 6. The number of ether oxygens (including phenoxy) is 1. The zero-order valence-electron chi connectivity index (χ0n) is 15.9.